The molecule has 0 radical (unpaired) electrons. The molecule has 0 heterocycles. The first kappa shape index (κ1) is 17.0. The van der Waals surface area contributed by atoms with Gasteiger partial charge in [0.15, 0.2) is 0 Å². The zero-order valence-electron chi connectivity index (χ0n) is 12.8. The van der Waals surface area contributed by atoms with Gasteiger partial charge in [0.2, 0.25) is 0 Å². The van der Waals surface area contributed by atoms with Gasteiger partial charge in [-0.3, -0.25) is 9.59 Å². The minimum Gasteiger partial charge on any atom is -0.496 e. The number of methoxy groups -OCH3 is 1. The number of aliphatic carboxylic acids is 1. The van der Waals surface area contributed by atoms with Crippen molar-refractivity contribution in [1.29, 1.82) is 0 Å². The van der Waals surface area contributed by atoms with Gasteiger partial charge in [-0.05, 0) is 31.9 Å². The van der Waals surface area contributed by atoms with Crippen molar-refractivity contribution in [3.05, 3.63) is 29.8 Å². The van der Waals surface area contributed by atoms with E-state index in [4.69, 9.17) is 9.84 Å². The molecule has 0 saturated heterocycles. The number of carboxylic acid groups (broad SMARTS) is 1. The quantitative estimate of drug-likeness (QED) is 0.772. The van der Waals surface area contributed by atoms with Crippen LogP contribution in [0.15, 0.2) is 24.3 Å². The summed E-state index contributed by atoms with van der Waals surface area (Å²) in [5.41, 5.74) is 0.505. The van der Waals surface area contributed by atoms with Crippen LogP contribution in [0.1, 0.15) is 43.5 Å². The van der Waals surface area contributed by atoms with Crippen LogP contribution >= 0.6 is 0 Å². The van der Waals surface area contributed by atoms with Crippen LogP contribution in [0.25, 0.3) is 0 Å². The summed E-state index contributed by atoms with van der Waals surface area (Å²) in [4.78, 5) is 22.9. The fraction of sp³-hybridized carbons (Fsp3) is 0.500. The highest BCUT2D eigenvalue weighted by Gasteiger charge is 2.15. The predicted octanol–water partition coefficient (Wildman–Crippen LogP) is 2.70. The van der Waals surface area contributed by atoms with Gasteiger partial charge in [-0.2, -0.15) is 0 Å². The SMILES string of the molecule is COc1ccccc1C(=O)NC(C)CCCC(C)C(=O)O. The van der Waals surface area contributed by atoms with Gasteiger partial charge < -0.3 is 15.2 Å². The molecule has 5 nitrogen and oxygen atoms in total. The van der Waals surface area contributed by atoms with Crippen LogP contribution in [-0.2, 0) is 4.79 Å². The van der Waals surface area contributed by atoms with Gasteiger partial charge >= 0.3 is 5.97 Å². The summed E-state index contributed by atoms with van der Waals surface area (Å²) in [5.74, 6) is -0.754. The van der Waals surface area contributed by atoms with Crippen LogP contribution in [0, 0.1) is 5.92 Å². The lowest BCUT2D eigenvalue weighted by Gasteiger charge is -2.15. The lowest BCUT2D eigenvalue weighted by Crippen LogP contribution is -2.32. The van der Waals surface area contributed by atoms with E-state index >= 15 is 0 Å². The molecule has 5 heteroatoms. The molecule has 2 unspecified atom stereocenters. The predicted molar refractivity (Wildman–Crippen MR) is 80.6 cm³/mol. The van der Waals surface area contributed by atoms with Crippen LogP contribution in [0.2, 0.25) is 0 Å². The second kappa shape index (κ2) is 8.29. The number of amides is 1. The van der Waals surface area contributed by atoms with E-state index in [0.29, 0.717) is 17.7 Å². The molecule has 1 aromatic rings. The minimum atomic E-state index is -0.777. The highest BCUT2D eigenvalue weighted by molar-refractivity contribution is 5.97. The van der Waals surface area contributed by atoms with E-state index in [1.54, 1.807) is 25.1 Å². The van der Waals surface area contributed by atoms with Gasteiger partial charge in [-0.1, -0.05) is 25.5 Å². The van der Waals surface area contributed by atoms with Gasteiger partial charge in [0.1, 0.15) is 5.75 Å². The van der Waals surface area contributed by atoms with Crippen LogP contribution < -0.4 is 10.1 Å². The summed E-state index contributed by atoms with van der Waals surface area (Å²) in [5, 5.41) is 11.7. The van der Waals surface area contributed by atoms with Gasteiger partial charge in [0.05, 0.1) is 18.6 Å². The van der Waals surface area contributed by atoms with Crippen molar-refractivity contribution in [3.63, 3.8) is 0 Å². The Hall–Kier alpha value is -2.04. The van der Waals surface area contributed by atoms with Crippen LogP contribution in [-0.4, -0.2) is 30.1 Å². The smallest absolute Gasteiger partial charge is 0.306 e. The Bertz CT molecular complexity index is 487. The van der Waals surface area contributed by atoms with Crippen LogP contribution in [0.4, 0.5) is 0 Å². The Kier molecular flexibility index (Phi) is 6.72. The Morgan fingerprint density at radius 1 is 1.24 bits per heavy atom. The summed E-state index contributed by atoms with van der Waals surface area (Å²) in [6.45, 7) is 3.61. The lowest BCUT2D eigenvalue weighted by atomic mass is 10.0. The third kappa shape index (κ3) is 5.45. The molecule has 0 aliphatic heterocycles. The number of carboxylic acids is 1. The summed E-state index contributed by atoms with van der Waals surface area (Å²) >= 11 is 0. The molecule has 0 fully saturated rings. The number of carbonyl (C=O) groups excluding carboxylic acids is 1. The summed E-state index contributed by atoms with van der Waals surface area (Å²) in [6.07, 6.45) is 2.13. The maximum absolute atomic E-state index is 12.2. The molecular formula is C16H23NO4. The zero-order chi connectivity index (χ0) is 15.8. The molecule has 0 aliphatic carbocycles. The van der Waals surface area contributed by atoms with Crippen molar-refractivity contribution >= 4 is 11.9 Å². The number of ether oxygens (including phenoxy) is 1. The van der Waals surface area contributed by atoms with Crippen LogP contribution in [0.3, 0.4) is 0 Å². The average Bonchev–Trinajstić information content (AvgIpc) is 2.46. The van der Waals surface area contributed by atoms with Crippen molar-refractivity contribution in [2.75, 3.05) is 7.11 Å². The van der Waals surface area contributed by atoms with Gasteiger partial charge in [0.25, 0.3) is 5.91 Å². The molecule has 1 amide bonds. The maximum Gasteiger partial charge on any atom is 0.306 e. The number of rotatable bonds is 8. The molecule has 2 atom stereocenters. The van der Waals surface area contributed by atoms with Crippen molar-refractivity contribution in [1.82, 2.24) is 5.32 Å². The molecule has 0 aromatic heterocycles. The van der Waals surface area contributed by atoms with E-state index in [0.717, 1.165) is 12.8 Å². The highest BCUT2D eigenvalue weighted by Crippen LogP contribution is 2.17. The number of para-hydroxylation sites is 1. The number of nitrogens with one attached hydrogen (secondary N) is 1. The first-order valence-electron chi connectivity index (χ1n) is 7.12. The molecule has 2 N–H and O–H groups in total. The number of hydrogen-bond acceptors (Lipinski definition) is 3. The standard InChI is InChI=1S/C16H23NO4/c1-11(16(19)20)7-6-8-12(2)17-15(18)13-9-4-5-10-14(13)21-3/h4-5,9-12H,6-8H2,1-3H3,(H,17,18)(H,19,20). The molecule has 116 valence electrons. The first-order valence-corrected chi connectivity index (χ1v) is 7.12. The van der Waals surface area contributed by atoms with E-state index in [-0.39, 0.29) is 17.9 Å². The minimum absolute atomic E-state index is 0.0107. The largest absolute Gasteiger partial charge is 0.496 e. The third-order valence-corrected chi connectivity index (χ3v) is 3.42. The fourth-order valence-corrected chi connectivity index (χ4v) is 2.06. The molecule has 0 aliphatic rings. The Labute approximate surface area is 125 Å². The second-order valence-corrected chi connectivity index (χ2v) is 5.24. The van der Waals surface area contributed by atoms with E-state index in [2.05, 4.69) is 5.32 Å². The number of carbonyl (C=O) groups is 2. The highest BCUT2D eigenvalue weighted by atomic mass is 16.5. The Morgan fingerprint density at radius 2 is 1.90 bits per heavy atom. The fourth-order valence-electron chi connectivity index (χ4n) is 2.06. The molecule has 21 heavy (non-hydrogen) atoms. The number of benzene rings is 1. The van der Waals surface area contributed by atoms with E-state index in [9.17, 15) is 9.59 Å². The van der Waals surface area contributed by atoms with Gasteiger partial charge in [-0.15, -0.1) is 0 Å². The maximum atomic E-state index is 12.2. The van der Waals surface area contributed by atoms with E-state index in [1.807, 2.05) is 13.0 Å². The topological polar surface area (TPSA) is 75.6 Å². The Morgan fingerprint density at radius 3 is 2.52 bits per heavy atom. The monoisotopic (exact) mass is 293 g/mol. The number of hydrogen-bond donors (Lipinski definition) is 2. The molecule has 1 rings (SSSR count). The molecule has 0 bridgehead atoms. The molecular weight excluding hydrogens is 270 g/mol. The van der Waals surface area contributed by atoms with E-state index in [1.165, 1.54) is 7.11 Å². The Balaban J connectivity index is 2.45. The second-order valence-electron chi connectivity index (χ2n) is 5.24. The van der Waals surface area contributed by atoms with Crippen molar-refractivity contribution in [3.8, 4) is 5.75 Å². The average molecular weight is 293 g/mol. The van der Waals surface area contributed by atoms with E-state index < -0.39 is 5.97 Å². The molecule has 0 saturated carbocycles. The van der Waals surface area contributed by atoms with Gasteiger partial charge in [0, 0.05) is 6.04 Å². The van der Waals surface area contributed by atoms with Gasteiger partial charge in [-0.25, -0.2) is 0 Å². The van der Waals surface area contributed by atoms with Crippen LogP contribution in [0.5, 0.6) is 5.75 Å². The first-order chi connectivity index (χ1) is 9.95. The summed E-state index contributed by atoms with van der Waals surface area (Å²) in [7, 11) is 1.53. The van der Waals surface area contributed by atoms with Crippen molar-refractivity contribution in [2.45, 2.75) is 39.2 Å². The lowest BCUT2D eigenvalue weighted by molar-refractivity contribution is -0.141. The normalized spacial score (nSPS) is 13.3. The van der Waals surface area contributed by atoms with Crippen molar-refractivity contribution < 1.29 is 19.4 Å². The summed E-state index contributed by atoms with van der Waals surface area (Å²) < 4.78 is 5.16. The van der Waals surface area contributed by atoms with Crippen molar-refractivity contribution in [2.24, 2.45) is 5.92 Å². The zero-order valence-corrected chi connectivity index (χ0v) is 12.8. The third-order valence-electron chi connectivity index (χ3n) is 3.42. The molecule has 0 spiro atoms. The molecule has 1 aromatic carbocycles. The summed E-state index contributed by atoms with van der Waals surface area (Å²) in [6, 6.07) is 7.05.